The zero-order valence-electron chi connectivity index (χ0n) is 6.79. The molecule has 1 aromatic heterocycles. The molecule has 2 nitrogen and oxygen atoms in total. The van der Waals surface area contributed by atoms with E-state index >= 15 is 0 Å². The fraction of sp³-hybridized carbons (Fsp3) is 0.444. The first-order valence-electron chi connectivity index (χ1n) is 3.80. The molecule has 11 heavy (non-hydrogen) atoms. The molecular weight excluding hydrogens is 138 g/mol. The van der Waals surface area contributed by atoms with Crippen LogP contribution in [0.4, 0.5) is 0 Å². The highest BCUT2D eigenvalue weighted by atomic mass is 16.5. The minimum Gasteiger partial charge on any atom is -0.357 e. The fourth-order valence-corrected chi connectivity index (χ4v) is 1.39. The van der Waals surface area contributed by atoms with E-state index in [-0.39, 0.29) is 5.41 Å². The van der Waals surface area contributed by atoms with Gasteiger partial charge in [-0.15, -0.1) is 0 Å². The van der Waals surface area contributed by atoms with Crippen molar-refractivity contribution in [2.45, 2.75) is 20.3 Å². The first-order chi connectivity index (χ1) is 5.17. The Kier molecular flexibility index (Phi) is 1.19. The van der Waals surface area contributed by atoms with Gasteiger partial charge in [0.1, 0.15) is 0 Å². The van der Waals surface area contributed by atoms with Crippen LogP contribution < -0.4 is 0 Å². The van der Waals surface area contributed by atoms with Gasteiger partial charge in [0.2, 0.25) is 0 Å². The lowest BCUT2D eigenvalue weighted by Crippen LogP contribution is -2.14. The molecule has 58 valence electrons. The molecule has 0 amide bonds. The topological polar surface area (TPSA) is 26.0 Å². The van der Waals surface area contributed by atoms with Crippen LogP contribution >= 0.6 is 0 Å². The van der Waals surface area contributed by atoms with Crippen molar-refractivity contribution in [2.75, 3.05) is 0 Å². The second-order valence-corrected chi connectivity index (χ2v) is 3.71. The molecule has 0 saturated heterocycles. The van der Waals surface area contributed by atoms with Crippen LogP contribution in [0.25, 0.3) is 6.08 Å². The number of hydrogen-bond acceptors (Lipinski definition) is 2. The Hall–Kier alpha value is -1.05. The Labute approximate surface area is 65.9 Å². The third-order valence-corrected chi connectivity index (χ3v) is 2.01. The summed E-state index contributed by atoms with van der Waals surface area (Å²) in [6.45, 7) is 4.42. The first-order valence-corrected chi connectivity index (χ1v) is 3.80. The highest BCUT2D eigenvalue weighted by Gasteiger charge is 2.22. The summed E-state index contributed by atoms with van der Waals surface area (Å²) < 4.78 is 5.01. The predicted octanol–water partition coefficient (Wildman–Crippen LogP) is 2.27. The molecule has 2 rings (SSSR count). The van der Waals surface area contributed by atoms with Crippen molar-refractivity contribution in [3.63, 3.8) is 0 Å². The maximum atomic E-state index is 5.01. The average molecular weight is 149 g/mol. The summed E-state index contributed by atoms with van der Waals surface area (Å²) >= 11 is 0. The summed E-state index contributed by atoms with van der Waals surface area (Å²) in [5, 5.41) is 3.74. The van der Waals surface area contributed by atoms with Crippen molar-refractivity contribution < 1.29 is 4.52 Å². The number of hydrogen-bond donors (Lipinski definition) is 0. The van der Waals surface area contributed by atoms with Crippen LogP contribution in [-0.4, -0.2) is 5.16 Å². The van der Waals surface area contributed by atoms with Crippen molar-refractivity contribution in [3.05, 3.63) is 23.6 Å². The van der Waals surface area contributed by atoms with Crippen molar-refractivity contribution >= 4 is 6.08 Å². The second kappa shape index (κ2) is 1.97. The van der Waals surface area contributed by atoms with E-state index in [0.717, 1.165) is 12.2 Å². The molecule has 1 aliphatic rings. The summed E-state index contributed by atoms with van der Waals surface area (Å²) in [6, 6.07) is 0. The molecule has 0 atom stereocenters. The molecule has 0 aromatic carbocycles. The van der Waals surface area contributed by atoms with E-state index in [1.165, 1.54) is 5.56 Å². The molecular formula is C9H11NO. The number of fused-ring (bicyclic) bond motifs is 1. The maximum absolute atomic E-state index is 5.01. The van der Waals surface area contributed by atoms with Gasteiger partial charge in [-0.05, 0) is 17.9 Å². The Morgan fingerprint density at radius 3 is 3.18 bits per heavy atom. The number of allylic oxidation sites excluding steroid dienone is 1. The van der Waals surface area contributed by atoms with Gasteiger partial charge in [-0.1, -0.05) is 25.1 Å². The third-order valence-electron chi connectivity index (χ3n) is 2.01. The molecule has 0 fully saturated rings. The Morgan fingerprint density at radius 2 is 2.36 bits per heavy atom. The summed E-state index contributed by atoms with van der Waals surface area (Å²) in [4.78, 5) is 0. The number of rotatable bonds is 0. The lowest BCUT2D eigenvalue weighted by Gasteiger charge is -2.21. The van der Waals surface area contributed by atoms with Gasteiger partial charge in [0.15, 0.2) is 5.76 Å². The van der Waals surface area contributed by atoms with E-state index in [9.17, 15) is 0 Å². The summed E-state index contributed by atoms with van der Waals surface area (Å²) in [5.74, 6) is 0.921. The molecule has 0 spiro atoms. The van der Waals surface area contributed by atoms with Gasteiger partial charge in [-0.2, -0.15) is 0 Å². The standard InChI is InChI=1S/C9H11NO/c1-9(2)4-3-8-7(5-9)6-10-11-8/h3-4,6H,5H2,1-2H3. The summed E-state index contributed by atoms with van der Waals surface area (Å²) in [6.07, 6.45) is 7.01. The third kappa shape index (κ3) is 1.09. The number of aromatic nitrogens is 1. The van der Waals surface area contributed by atoms with Gasteiger partial charge < -0.3 is 4.52 Å². The lowest BCUT2D eigenvalue weighted by atomic mass is 9.82. The molecule has 1 heterocycles. The molecule has 0 N–H and O–H groups in total. The highest BCUT2D eigenvalue weighted by Crippen LogP contribution is 2.31. The van der Waals surface area contributed by atoms with Crippen LogP contribution in [0.1, 0.15) is 25.2 Å². The van der Waals surface area contributed by atoms with E-state index in [2.05, 4.69) is 25.1 Å². The molecule has 1 aliphatic carbocycles. The van der Waals surface area contributed by atoms with Gasteiger partial charge in [-0.3, -0.25) is 0 Å². The summed E-state index contributed by atoms with van der Waals surface area (Å²) in [5.41, 5.74) is 1.48. The zero-order chi connectivity index (χ0) is 7.90. The second-order valence-electron chi connectivity index (χ2n) is 3.71. The van der Waals surface area contributed by atoms with Crippen molar-refractivity contribution in [1.29, 1.82) is 0 Å². The number of nitrogens with zero attached hydrogens (tertiary/aromatic N) is 1. The van der Waals surface area contributed by atoms with Crippen molar-refractivity contribution in [3.8, 4) is 0 Å². The van der Waals surface area contributed by atoms with Gasteiger partial charge in [0.05, 0.1) is 6.20 Å². The van der Waals surface area contributed by atoms with Crippen LogP contribution in [0.3, 0.4) is 0 Å². The lowest BCUT2D eigenvalue weighted by molar-refractivity contribution is 0.402. The van der Waals surface area contributed by atoms with Crippen LogP contribution in [0.15, 0.2) is 16.8 Å². The van der Waals surface area contributed by atoms with Crippen LogP contribution in [0.2, 0.25) is 0 Å². The normalized spacial score (nSPS) is 19.8. The predicted molar refractivity (Wildman–Crippen MR) is 43.0 cm³/mol. The SMILES string of the molecule is CC1(C)C=Cc2oncc2C1. The van der Waals surface area contributed by atoms with Gasteiger partial charge in [-0.25, -0.2) is 0 Å². The van der Waals surface area contributed by atoms with Crippen molar-refractivity contribution in [1.82, 2.24) is 5.16 Å². The van der Waals surface area contributed by atoms with Crippen molar-refractivity contribution in [2.24, 2.45) is 5.41 Å². The molecule has 0 bridgehead atoms. The first kappa shape index (κ1) is 6.65. The van der Waals surface area contributed by atoms with E-state index in [1.807, 2.05) is 6.08 Å². The molecule has 2 heteroatoms. The largest absolute Gasteiger partial charge is 0.357 e. The highest BCUT2D eigenvalue weighted by molar-refractivity contribution is 5.51. The fourth-order valence-electron chi connectivity index (χ4n) is 1.39. The zero-order valence-corrected chi connectivity index (χ0v) is 6.79. The monoisotopic (exact) mass is 149 g/mol. The maximum Gasteiger partial charge on any atom is 0.162 e. The van der Waals surface area contributed by atoms with E-state index < -0.39 is 0 Å². The van der Waals surface area contributed by atoms with Crippen LogP contribution in [-0.2, 0) is 6.42 Å². The minimum atomic E-state index is 0.262. The molecule has 0 unspecified atom stereocenters. The van der Waals surface area contributed by atoms with E-state index in [4.69, 9.17) is 4.52 Å². The quantitative estimate of drug-likeness (QED) is 0.565. The van der Waals surface area contributed by atoms with Gasteiger partial charge in [0, 0.05) is 5.56 Å². The van der Waals surface area contributed by atoms with Crippen LogP contribution in [0, 0.1) is 5.41 Å². The molecule has 0 saturated carbocycles. The van der Waals surface area contributed by atoms with Crippen LogP contribution in [0.5, 0.6) is 0 Å². The Bertz CT molecular complexity index is 296. The molecule has 0 radical (unpaired) electrons. The van der Waals surface area contributed by atoms with Gasteiger partial charge in [0.25, 0.3) is 0 Å². The van der Waals surface area contributed by atoms with E-state index in [1.54, 1.807) is 6.20 Å². The Balaban J connectivity index is 2.44. The van der Waals surface area contributed by atoms with E-state index in [0.29, 0.717) is 0 Å². The summed E-state index contributed by atoms with van der Waals surface area (Å²) in [7, 11) is 0. The average Bonchev–Trinajstić information content (AvgIpc) is 2.31. The Morgan fingerprint density at radius 1 is 1.55 bits per heavy atom. The minimum absolute atomic E-state index is 0.262. The smallest absolute Gasteiger partial charge is 0.162 e. The molecule has 1 aromatic rings. The molecule has 0 aliphatic heterocycles. The van der Waals surface area contributed by atoms with Gasteiger partial charge >= 0.3 is 0 Å².